The third kappa shape index (κ3) is 2.74. The molecule has 20 heavy (non-hydrogen) atoms. The van der Waals surface area contributed by atoms with Gasteiger partial charge in [0.25, 0.3) is 0 Å². The Hall–Kier alpha value is -2.09. The van der Waals surface area contributed by atoms with Crippen molar-refractivity contribution in [1.82, 2.24) is 19.7 Å². The van der Waals surface area contributed by atoms with Crippen molar-refractivity contribution in [2.45, 2.75) is 37.0 Å². The molecular formula is C12H16N6OS. The average Bonchev–Trinajstić information content (AvgIpc) is 2.70. The number of aryl methyl sites for hydroxylation is 1. The second-order valence-corrected chi connectivity index (χ2v) is 5.55. The van der Waals surface area contributed by atoms with Gasteiger partial charge in [0.05, 0.1) is 0 Å². The van der Waals surface area contributed by atoms with Crippen molar-refractivity contribution in [3.8, 4) is 0 Å². The number of rotatable bonds is 4. The summed E-state index contributed by atoms with van der Waals surface area (Å²) < 4.78 is 1.54. The van der Waals surface area contributed by atoms with Crippen molar-refractivity contribution in [3.63, 3.8) is 0 Å². The molecule has 2 rings (SSSR count). The van der Waals surface area contributed by atoms with E-state index < -0.39 is 0 Å². The first-order valence-corrected chi connectivity index (χ1v) is 6.88. The number of H-pyrrole nitrogens is 1. The van der Waals surface area contributed by atoms with Gasteiger partial charge >= 0.3 is 5.69 Å². The molecule has 0 bridgehead atoms. The molecule has 0 amide bonds. The van der Waals surface area contributed by atoms with Crippen LogP contribution in [0.4, 0.5) is 0 Å². The van der Waals surface area contributed by atoms with E-state index in [2.05, 4.69) is 15.2 Å². The zero-order valence-corrected chi connectivity index (χ0v) is 12.3. The van der Waals surface area contributed by atoms with E-state index in [4.69, 9.17) is 11.1 Å². The molecular weight excluding hydrogens is 276 g/mol. The lowest BCUT2D eigenvalue weighted by atomic mass is 10.2. The fourth-order valence-corrected chi connectivity index (χ4v) is 2.85. The summed E-state index contributed by atoms with van der Waals surface area (Å²) in [6.07, 6.45) is 0. The molecule has 2 aromatic heterocycles. The zero-order chi connectivity index (χ0) is 14.9. The molecule has 106 valence electrons. The van der Waals surface area contributed by atoms with Gasteiger partial charge in [-0.1, -0.05) is 0 Å². The minimum absolute atomic E-state index is 0.0191. The van der Waals surface area contributed by atoms with E-state index in [9.17, 15) is 4.79 Å². The number of nitrogens with two attached hydrogens (primary N) is 1. The van der Waals surface area contributed by atoms with Gasteiger partial charge in [-0.3, -0.25) is 9.98 Å². The van der Waals surface area contributed by atoms with Crippen LogP contribution in [0.2, 0.25) is 0 Å². The molecule has 0 saturated heterocycles. The molecule has 0 unspecified atom stereocenters. The van der Waals surface area contributed by atoms with Crippen molar-refractivity contribution in [3.05, 3.63) is 33.9 Å². The maximum Gasteiger partial charge on any atom is 0.344 e. The second-order valence-electron chi connectivity index (χ2n) is 4.60. The molecule has 4 N–H and O–H groups in total. The van der Waals surface area contributed by atoms with Gasteiger partial charge in [-0.15, -0.1) is 5.10 Å². The lowest BCUT2D eigenvalue weighted by Crippen LogP contribution is -2.19. The van der Waals surface area contributed by atoms with Crippen LogP contribution in [-0.4, -0.2) is 25.6 Å². The van der Waals surface area contributed by atoms with Gasteiger partial charge in [-0.05, 0) is 44.7 Å². The van der Waals surface area contributed by atoms with Crippen LogP contribution in [0.1, 0.15) is 31.1 Å². The van der Waals surface area contributed by atoms with E-state index in [0.29, 0.717) is 15.7 Å². The van der Waals surface area contributed by atoms with Crippen molar-refractivity contribution in [2.24, 2.45) is 5.73 Å². The number of amidine groups is 1. The fraction of sp³-hybridized carbons (Fsp3) is 0.333. The number of hydrogen-bond donors (Lipinski definition) is 3. The third-order valence-electron chi connectivity index (χ3n) is 2.67. The first kappa shape index (κ1) is 14.3. The monoisotopic (exact) mass is 292 g/mol. The molecule has 0 aliphatic heterocycles. The minimum atomic E-state index is -0.264. The normalized spacial score (nSPS) is 11.0. The Morgan fingerprint density at radius 2 is 2.20 bits per heavy atom. The van der Waals surface area contributed by atoms with Gasteiger partial charge < -0.3 is 5.73 Å². The van der Waals surface area contributed by atoms with Crippen molar-refractivity contribution in [2.75, 3.05) is 0 Å². The van der Waals surface area contributed by atoms with Crippen LogP contribution in [0, 0.1) is 12.3 Å². The fourth-order valence-electron chi connectivity index (χ4n) is 1.72. The van der Waals surface area contributed by atoms with Crippen molar-refractivity contribution < 1.29 is 0 Å². The van der Waals surface area contributed by atoms with Crippen molar-refractivity contribution in [1.29, 1.82) is 5.41 Å². The number of aromatic nitrogens is 4. The number of aromatic amines is 1. The molecule has 0 aliphatic carbocycles. The Labute approximate surface area is 120 Å². The maximum atomic E-state index is 11.7. The highest BCUT2D eigenvalue weighted by atomic mass is 32.2. The second kappa shape index (κ2) is 5.49. The number of nitrogens with one attached hydrogen (secondary N) is 2. The number of nitrogen functional groups attached to an aromatic ring is 1. The first-order chi connectivity index (χ1) is 9.40. The predicted molar refractivity (Wildman–Crippen MR) is 77.3 cm³/mol. The Balaban J connectivity index is 2.47. The quantitative estimate of drug-likeness (QED) is 0.580. The Morgan fingerprint density at radius 3 is 2.80 bits per heavy atom. The summed E-state index contributed by atoms with van der Waals surface area (Å²) in [4.78, 5) is 16.1. The molecule has 0 spiro atoms. The summed E-state index contributed by atoms with van der Waals surface area (Å²) in [5.41, 5.74) is 6.64. The lowest BCUT2D eigenvalue weighted by Gasteiger charge is -2.10. The SMILES string of the molecule is Cc1ccc(C(=N)N)c(Sc2n[nH]c(=O)n2C(C)C)n1. The molecule has 0 atom stereocenters. The van der Waals surface area contributed by atoms with Crippen LogP contribution >= 0.6 is 11.8 Å². The predicted octanol–water partition coefficient (Wildman–Crippen LogP) is 1.29. The standard InChI is InChI=1S/C12H16N6OS/c1-6(2)18-11(19)16-17-12(18)20-10-8(9(13)14)5-4-7(3)15-10/h4-6H,1-3H3,(H3,13,14)(H,16,19). The molecule has 2 aromatic rings. The Kier molecular flexibility index (Phi) is 3.93. The number of hydrogen-bond acceptors (Lipinski definition) is 5. The molecule has 7 nitrogen and oxygen atoms in total. The van der Waals surface area contributed by atoms with Gasteiger partial charge in [0.1, 0.15) is 10.9 Å². The van der Waals surface area contributed by atoms with E-state index in [-0.39, 0.29) is 17.6 Å². The average molecular weight is 292 g/mol. The molecule has 8 heteroatoms. The van der Waals surface area contributed by atoms with Gasteiger partial charge in [-0.2, -0.15) is 0 Å². The van der Waals surface area contributed by atoms with Crippen LogP contribution in [-0.2, 0) is 0 Å². The lowest BCUT2D eigenvalue weighted by molar-refractivity contribution is 0.534. The van der Waals surface area contributed by atoms with E-state index in [1.54, 1.807) is 16.7 Å². The summed E-state index contributed by atoms with van der Waals surface area (Å²) in [7, 11) is 0. The van der Waals surface area contributed by atoms with Crippen LogP contribution in [0.5, 0.6) is 0 Å². The van der Waals surface area contributed by atoms with Crippen LogP contribution in [0.25, 0.3) is 0 Å². The van der Waals surface area contributed by atoms with Gasteiger partial charge in [-0.25, -0.2) is 14.9 Å². The van der Waals surface area contributed by atoms with E-state index >= 15 is 0 Å². The molecule has 0 saturated carbocycles. The highest BCUT2D eigenvalue weighted by Crippen LogP contribution is 2.28. The first-order valence-electron chi connectivity index (χ1n) is 6.07. The summed E-state index contributed by atoms with van der Waals surface area (Å²) in [6.45, 7) is 5.65. The molecule has 0 aliphatic rings. The number of nitrogens with zero attached hydrogens (tertiary/aromatic N) is 3. The summed E-state index contributed by atoms with van der Waals surface area (Å²) in [6, 6.07) is 3.52. The molecule has 0 radical (unpaired) electrons. The summed E-state index contributed by atoms with van der Waals surface area (Å²) in [5.74, 6) is -0.0611. The van der Waals surface area contributed by atoms with Crippen molar-refractivity contribution >= 4 is 17.6 Å². The number of pyridine rings is 1. The largest absolute Gasteiger partial charge is 0.384 e. The van der Waals surface area contributed by atoms with Gasteiger partial charge in [0, 0.05) is 17.3 Å². The topological polar surface area (TPSA) is 113 Å². The summed E-state index contributed by atoms with van der Waals surface area (Å²) in [5, 5.41) is 15.1. The third-order valence-corrected chi connectivity index (χ3v) is 3.64. The van der Waals surface area contributed by atoms with Crippen LogP contribution in [0.15, 0.2) is 27.1 Å². The van der Waals surface area contributed by atoms with E-state index in [1.165, 1.54) is 11.8 Å². The van der Waals surface area contributed by atoms with E-state index in [1.807, 2.05) is 20.8 Å². The van der Waals surface area contributed by atoms with Gasteiger partial charge in [0.2, 0.25) is 0 Å². The Bertz CT molecular complexity index is 702. The van der Waals surface area contributed by atoms with Crippen LogP contribution < -0.4 is 11.4 Å². The Morgan fingerprint density at radius 1 is 1.50 bits per heavy atom. The molecule has 0 fully saturated rings. The molecule has 2 heterocycles. The highest BCUT2D eigenvalue weighted by Gasteiger charge is 2.16. The summed E-state index contributed by atoms with van der Waals surface area (Å²) >= 11 is 1.22. The highest BCUT2D eigenvalue weighted by molar-refractivity contribution is 7.99. The van der Waals surface area contributed by atoms with Crippen LogP contribution in [0.3, 0.4) is 0 Å². The van der Waals surface area contributed by atoms with Gasteiger partial charge in [0.15, 0.2) is 5.16 Å². The van der Waals surface area contributed by atoms with E-state index in [0.717, 1.165) is 5.69 Å². The minimum Gasteiger partial charge on any atom is -0.384 e. The zero-order valence-electron chi connectivity index (χ0n) is 11.5. The smallest absolute Gasteiger partial charge is 0.344 e. The maximum absolute atomic E-state index is 11.7. The molecule has 0 aromatic carbocycles.